The summed E-state index contributed by atoms with van der Waals surface area (Å²) in [5.74, 6) is -0.837. The fraction of sp³-hybridized carbons (Fsp3) is 0.154. The Hall–Kier alpha value is -2.67. The molecule has 20 heavy (non-hydrogen) atoms. The first-order chi connectivity index (χ1) is 9.60. The lowest BCUT2D eigenvalue weighted by molar-refractivity contribution is 0.0998. The number of aromatic nitrogens is 2. The Morgan fingerprint density at radius 2 is 1.95 bits per heavy atom. The first-order valence-electron chi connectivity index (χ1n) is 6.03. The molecule has 0 atom stereocenters. The number of nitrogens with one attached hydrogen (secondary N) is 1. The van der Waals surface area contributed by atoms with Crippen molar-refractivity contribution in [2.45, 2.75) is 6.54 Å². The van der Waals surface area contributed by atoms with E-state index >= 15 is 0 Å². The monoisotopic (exact) mass is 273 g/mol. The van der Waals surface area contributed by atoms with Crippen LogP contribution in [-0.2, 0) is 6.54 Å². The van der Waals surface area contributed by atoms with Gasteiger partial charge in [-0.15, -0.1) is 0 Å². The first-order valence-corrected chi connectivity index (χ1v) is 6.03. The van der Waals surface area contributed by atoms with E-state index in [1.54, 1.807) is 41.4 Å². The minimum atomic E-state index is -0.511. The van der Waals surface area contributed by atoms with E-state index in [9.17, 15) is 9.59 Å². The number of hydrogen-bond acceptors (Lipinski definition) is 4. The Morgan fingerprint density at radius 1 is 1.25 bits per heavy atom. The Kier molecular flexibility index (Phi) is 4.11. The molecule has 2 aromatic rings. The summed E-state index contributed by atoms with van der Waals surface area (Å²) in [7, 11) is 0. The van der Waals surface area contributed by atoms with Crippen molar-refractivity contribution in [3.8, 4) is 0 Å². The summed E-state index contributed by atoms with van der Waals surface area (Å²) < 4.78 is 1.74. The van der Waals surface area contributed by atoms with Crippen molar-refractivity contribution in [3.05, 3.63) is 48.0 Å². The number of benzene rings is 1. The van der Waals surface area contributed by atoms with Crippen molar-refractivity contribution in [2.75, 3.05) is 11.9 Å². The molecule has 1 heterocycles. The van der Waals surface area contributed by atoms with E-state index < -0.39 is 5.91 Å². The fourth-order valence-corrected chi connectivity index (χ4v) is 1.66. The molecule has 5 N–H and O–H groups in total. The molecule has 0 radical (unpaired) electrons. The van der Waals surface area contributed by atoms with Gasteiger partial charge < -0.3 is 21.4 Å². The zero-order chi connectivity index (χ0) is 14.5. The van der Waals surface area contributed by atoms with E-state index in [1.165, 1.54) is 0 Å². The van der Waals surface area contributed by atoms with E-state index in [0.29, 0.717) is 30.0 Å². The summed E-state index contributed by atoms with van der Waals surface area (Å²) in [5.41, 5.74) is 11.8. The third-order valence-corrected chi connectivity index (χ3v) is 2.68. The van der Waals surface area contributed by atoms with Gasteiger partial charge in [0.15, 0.2) is 0 Å². The third kappa shape index (κ3) is 3.21. The van der Waals surface area contributed by atoms with Crippen LogP contribution in [0.3, 0.4) is 0 Å². The molecule has 7 nitrogen and oxygen atoms in total. The van der Waals surface area contributed by atoms with Gasteiger partial charge in [0.2, 0.25) is 5.91 Å². The molecule has 0 saturated carbocycles. The standard InChI is InChI=1S/C13H15N5O2/c14-5-6-18-7-11(16-8-18)13(20)17-10-3-1-9(2-4-10)12(15)19/h1-4,7-8H,5-6,14H2,(H2,15,19)(H,17,20). The van der Waals surface area contributed by atoms with Crippen LogP contribution in [0.5, 0.6) is 0 Å². The highest BCUT2D eigenvalue weighted by Gasteiger charge is 2.09. The minimum absolute atomic E-state index is 0.303. The van der Waals surface area contributed by atoms with Crippen LogP contribution >= 0.6 is 0 Å². The Bertz CT molecular complexity index is 618. The van der Waals surface area contributed by atoms with E-state index in [0.717, 1.165) is 0 Å². The van der Waals surface area contributed by atoms with Gasteiger partial charge in [-0.1, -0.05) is 0 Å². The maximum atomic E-state index is 11.9. The maximum absolute atomic E-state index is 11.9. The van der Waals surface area contributed by atoms with Crippen LogP contribution < -0.4 is 16.8 Å². The lowest BCUT2D eigenvalue weighted by Crippen LogP contribution is -2.14. The number of nitrogens with two attached hydrogens (primary N) is 2. The predicted octanol–water partition coefficient (Wildman–Crippen LogP) is 0.193. The van der Waals surface area contributed by atoms with Crippen molar-refractivity contribution >= 4 is 17.5 Å². The topological polar surface area (TPSA) is 116 Å². The molecule has 0 bridgehead atoms. The van der Waals surface area contributed by atoms with Gasteiger partial charge in [0.1, 0.15) is 5.69 Å². The van der Waals surface area contributed by atoms with Gasteiger partial charge in [-0.05, 0) is 24.3 Å². The molecular formula is C13H15N5O2. The molecule has 2 rings (SSSR count). The molecule has 0 saturated heterocycles. The van der Waals surface area contributed by atoms with Crippen LogP contribution in [0.4, 0.5) is 5.69 Å². The average molecular weight is 273 g/mol. The number of nitrogens with zero attached hydrogens (tertiary/aromatic N) is 2. The van der Waals surface area contributed by atoms with Crippen molar-refractivity contribution < 1.29 is 9.59 Å². The second-order valence-electron chi connectivity index (χ2n) is 4.18. The van der Waals surface area contributed by atoms with Gasteiger partial charge in [0.25, 0.3) is 5.91 Å². The summed E-state index contributed by atoms with van der Waals surface area (Å²) in [4.78, 5) is 26.9. The summed E-state index contributed by atoms with van der Waals surface area (Å²) >= 11 is 0. The van der Waals surface area contributed by atoms with Crippen LogP contribution in [0.2, 0.25) is 0 Å². The molecule has 0 unspecified atom stereocenters. The molecule has 0 aliphatic rings. The Balaban J connectivity index is 2.04. The number of hydrogen-bond donors (Lipinski definition) is 3. The van der Waals surface area contributed by atoms with Crippen molar-refractivity contribution in [1.29, 1.82) is 0 Å². The van der Waals surface area contributed by atoms with Gasteiger partial charge in [-0.2, -0.15) is 0 Å². The molecule has 2 amide bonds. The lowest BCUT2D eigenvalue weighted by atomic mass is 10.2. The highest BCUT2D eigenvalue weighted by atomic mass is 16.2. The second-order valence-corrected chi connectivity index (χ2v) is 4.18. The minimum Gasteiger partial charge on any atom is -0.366 e. The third-order valence-electron chi connectivity index (χ3n) is 2.68. The molecule has 1 aromatic heterocycles. The summed E-state index contributed by atoms with van der Waals surface area (Å²) in [6, 6.07) is 6.31. The number of carbonyl (C=O) groups excluding carboxylic acids is 2. The van der Waals surface area contributed by atoms with Gasteiger partial charge in [-0.3, -0.25) is 9.59 Å². The number of primary amides is 1. The number of anilines is 1. The predicted molar refractivity (Wildman–Crippen MR) is 74.2 cm³/mol. The average Bonchev–Trinajstić information content (AvgIpc) is 2.88. The van der Waals surface area contributed by atoms with Crippen LogP contribution in [-0.4, -0.2) is 27.9 Å². The smallest absolute Gasteiger partial charge is 0.275 e. The fourth-order valence-electron chi connectivity index (χ4n) is 1.66. The molecular weight excluding hydrogens is 258 g/mol. The first kappa shape index (κ1) is 13.8. The van der Waals surface area contributed by atoms with Gasteiger partial charge in [-0.25, -0.2) is 4.98 Å². The lowest BCUT2D eigenvalue weighted by Gasteiger charge is -2.03. The SMILES string of the molecule is NCCn1cnc(C(=O)Nc2ccc(C(N)=O)cc2)c1. The van der Waals surface area contributed by atoms with E-state index in [-0.39, 0.29) is 5.91 Å². The number of rotatable bonds is 5. The molecule has 0 spiro atoms. The van der Waals surface area contributed by atoms with Crippen molar-refractivity contribution in [2.24, 2.45) is 11.5 Å². The van der Waals surface area contributed by atoms with E-state index in [1.807, 2.05) is 0 Å². The number of amides is 2. The van der Waals surface area contributed by atoms with Gasteiger partial charge >= 0.3 is 0 Å². The molecule has 1 aromatic carbocycles. The zero-order valence-electron chi connectivity index (χ0n) is 10.7. The van der Waals surface area contributed by atoms with Crippen LogP contribution in [0.15, 0.2) is 36.8 Å². The van der Waals surface area contributed by atoms with E-state index in [2.05, 4.69) is 10.3 Å². The zero-order valence-corrected chi connectivity index (χ0v) is 10.7. The summed E-state index contributed by atoms with van der Waals surface area (Å²) in [6.45, 7) is 1.08. The second kappa shape index (κ2) is 5.98. The highest BCUT2D eigenvalue weighted by molar-refractivity contribution is 6.03. The largest absolute Gasteiger partial charge is 0.366 e. The molecule has 0 aliphatic carbocycles. The normalized spacial score (nSPS) is 10.2. The Labute approximate surface area is 115 Å². The number of imidazole rings is 1. The molecule has 0 aliphatic heterocycles. The van der Waals surface area contributed by atoms with Crippen molar-refractivity contribution in [1.82, 2.24) is 9.55 Å². The summed E-state index contributed by atoms with van der Waals surface area (Å²) in [5, 5.41) is 2.68. The van der Waals surface area contributed by atoms with Crippen LogP contribution in [0, 0.1) is 0 Å². The maximum Gasteiger partial charge on any atom is 0.275 e. The summed E-state index contributed by atoms with van der Waals surface area (Å²) in [6.07, 6.45) is 3.18. The molecule has 104 valence electrons. The van der Waals surface area contributed by atoms with Gasteiger partial charge in [0.05, 0.1) is 6.33 Å². The van der Waals surface area contributed by atoms with Crippen LogP contribution in [0.25, 0.3) is 0 Å². The molecule has 7 heteroatoms. The van der Waals surface area contributed by atoms with Crippen LogP contribution in [0.1, 0.15) is 20.8 Å². The van der Waals surface area contributed by atoms with E-state index in [4.69, 9.17) is 11.5 Å². The van der Waals surface area contributed by atoms with Gasteiger partial charge in [0, 0.05) is 30.5 Å². The quantitative estimate of drug-likeness (QED) is 0.721. The Morgan fingerprint density at radius 3 is 2.55 bits per heavy atom. The highest BCUT2D eigenvalue weighted by Crippen LogP contribution is 2.10. The number of carbonyl (C=O) groups is 2. The molecule has 0 fully saturated rings. The van der Waals surface area contributed by atoms with Crippen molar-refractivity contribution in [3.63, 3.8) is 0 Å².